The Morgan fingerprint density at radius 2 is 1.84 bits per heavy atom. The molecule has 0 saturated carbocycles. The van der Waals surface area contributed by atoms with Crippen LogP contribution in [0.15, 0.2) is 65.8 Å². The number of hydrogen-bond donors (Lipinski definition) is 0. The summed E-state index contributed by atoms with van der Waals surface area (Å²) in [6.07, 6.45) is 4.05. The largest absolute Gasteiger partial charge is 0.308 e. The van der Waals surface area contributed by atoms with Crippen LogP contribution in [0.2, 0.25) is 0 Å². The molecule has 2 aromatic carbocycles. The van der Waals surface area contributed by atoms with Crippen molar-refractivity contribution in [1.29, 1.82) is 0 Å². The summed E-state index contributed by atoms with van der Waals surface area (Å²) in [5.41, 5.74) is 4.79. The van der Waals surface area contributed by atoms with Gasteiger partial charge in [-0.05, 0) is 23.8 Å². The number of aliphatic imine (C=N–C) groups is 1. The Hall–Kier alpha value is -1.50. The quantitative estimate of drug-likeness (QED) is 0.649. The van der Waals surface area contributed by atoms with Crippen LogP contribution >= 0.6 is 0 Å². The third kappa shape index (κ3) is 2.75. The molecular formula is C17H14IrN-. The number of rotatable bonds is 2. The van der Waals surface area contributed by atoms with Crippen molar-refractivity contribution in [1.82, 2.24) is 0 Å². The van der Waals surface area contributed by atoms with Crippen molar-refractivity contribution < 1.29 is 20.1 Å². The summed E-state index contributed by atoms with van der Waals surface area (Å²) in [7, 11) is 0. The molecule has 0 bridgehead atoms. The van der Waals surface area contributed by atoms with Gasteiger partial charge in [-0.1, -0.05) is 30.3 Å². The van der Waals surface area contributed by atoms with Crippen molar-refractivity contribution in [2.45, 2.75) is 12.8 Å². The average molecular weight is 425 g/mol. The summed E-state index contributed by atoms with van der Waals surface area (Å²) in [5, 5.41) is 0. The fourth-order valence-electron chi connectivity index (χ4n) is 2.36. The Morgan fingerprint density at radius 3 is 2.58 bits per heavy atom. The summed E-state index contributed by atoms with van der Waals surface area (Å²) in [6.45, 7) is 2.15. The van der Waals surface area contributed by atoms with Gasteiger partial charge in [0.25, 0.3) is 0 Å². The van der Waals surface area contributed by atoms with Crippen LogP contribution in [0, 0.1) is 13.0 Å². The molecule has 0 amide bonds. The summed E-state index contributed by atoms with van der Waals surface area (Å²) in [4.78, 5) is 4.51. The van der Waals surface area contributed by atoms with Gasteiger partial charge >= 0.3 is 0 Å². The first-order valence-corrected chi connectivity index (χ1v) is 6.13. The van der Waals surface area contributed by atoms with E-state index in [-0.39, 0.29) is 26.0 Å². The maximum Gasteiger partial charge on any atom is 0.0125 e. The summed E-state index contributed by atoms with van der Waals surface area (Å²) < 4.78 is 0. The molecular weight excluding hydrogens is 410 g/mol. The molecule has 0 fully saturated rings. The van der Waals surface area contributed by atoms with Gasteiger partial charge < -0.3 is 4.99 Å². The first kappa shape index (κ1) is 13.9. The number of benzene rings is 2. The predicted molar refractivity (Wildman–Crippen MR) is 74.9 cm³/mol. The van der Waals surface area contributed by atoms with E-state index in [9.17, 15) is 0 Å². The SMILES string of the molecule is Cc1ccccc1C1C=CN=C1c1[c-]cccc1.[Ir]. The molecule has 1 radical (unpaired) electrons. The van der Waals surface area contributed by atoms with Crippen molar-refractivity contribution in [3.05, 3.63) is 83.6 Å². The number of aryl methyl sites for hydroxylation is 1. The van der Waals surface area contributed by atoms with Gasteiger partial charge in [0.1, 0.15) is 0 Å². The molecule has 0 saturated heterocycles. The van der Waals surface area contributed by atoms with E-state index in [1.807, 2.05) is 24.4 Å². The predicted octanol–water partition coefficient (Wildman–Crippen LogP) is 3.89. The Balaban J connectivity index is 0.00000133. The first-order chi connectivity index (χ1) is 8.86. The molecule has 0 N–H and O–H groups in total. The second-order valence-corrected chi connectivity index (χ2v) is 4.47. The molecule has 19 heavy (non-hydrogen) atoms. The minimum Gasteiger partial charge on any atom is -0.308 e. The smallest absolute Gasteiger partial charge is 0.0125 e. The summed E-state index contributed by atoms with van der Waals surface area (Å²) >= 11 is 0. The van der Waals surface area contributed by atoms with Gasteiger partial charge in [-0.2, -0.15) is 0 Å². The average Bonchev–Trinajstić information content (AvgIpc) is 2.89. The summed E-state index contributed by atoms with van der Waals surface area (Å²) in [6, 6.07) is 19.7. The summed E-state index contributed by atoms with van der Waals surface area (Å²) in [5.74, 6) is 0.254. The van der Waals surface area contributed by atoms with E-state index in [4.69, 9.17) is 0 Å². The van der Waals surface area contributed by atoms with Crippen molar-refractivity contribution in [2.24, 2.45) is 4.99 Å². The van der Waals surface area contributed by atoms with Crippen molar-refractivity contribution in [3.63, 3.8) is 0 Å². The zero-order chi connectivity index (χ0) is 12.4. The maximum atomic E-state index is 4.51. The van der Waals surface area contributed by atoms with E-state index >= 15 is 0 Å². The van der Waals surface area contributed by atoms with Crippen LogP contribution in [-0.4, -0.2) is 5.71 Å². The second-order valence-electron chi connectivity index (χ2n) is 4.47. The van der Waals surface area contributed by atoms with E-state index in [1.165, 1.54) is 11.1 Å². The third-order valence-electron chi connectivity index (χ3n) is 3.30. The fraction of sp³-hybridized carbons (Fsp3) is 0.118. The van der Waals surface area contributed by atoms with Crippen molar-refractivity contribution in [3.8, 4) is 0 Å². The molecule has 1 aliphatic rings. The van der Waals surface area contributed by atoms with Gasteiger partial charge in [0.2, 0.25) is 0 Å². The van der Waals surface area contributed by atoms with E-state index in [1.54, 1.807) is 0 Å². The Kier molecular flexibility index (Phi) is 4.47. The molecule has 1 aliphatic heterocycles. The van der Waals surface area contributed by atoms with E-state index in [0.717, 1.165) is 11.3 Å². The van der Waals surface area contributed by atoms with Crippen LogP contribution in [-0.2, 0) is 20.1 Å². The van der Waals surface area contributed by atoms with E-state index in [0.29, 0.717) is 0 Å². The molecule has 1 unspecified atom stereocenters. The monoisotopic (exact) mass is 425 g/mol. The Bertz CT molecular complexity index is 614. The van der Waals surface area contributed by atoms with Crippen LogP contribution in [0.5, 0.6) is 0 Å². The number of allylic oxidation sites excluding steroid dienone is 1. The van der Waals surface area contributed by atoms with Crippen LogP contribution in [0.1, 0.15) is 22.6 Å². The van der Waals surface area contributed by atoms with Gasteiger partial charge in [-0.3, -0.25) is 0 Å². The van der Waals surface area contributed by atoms with Crippen LogP contribution < -0.4 is 0 Å². The molecule has 0 aromatic heterocycles. The molecule has 97 valence electrons. The number of nitrogens with zero attached hydrogens (tertiary/aromatic N) is 1. The van der Waals surface area contributed by atoms with Crippen LogP contribution in [0.4, 0.5) is 0 Å². The molecule has 0 spiro atoms. The molecule has 3 rings (SSSR count). The normalized spacial score (nSPS) is 16.9. The van der Waals surface area contributed by atoms with Gasteiger partial charge in [0.05, 0.1) is 0 Å². The Morgan fingerprint density at radius 1 is 1.05 bits per heavy atom. The zero-order valence-corrected chi connectivity index (χ0v) is 13.0. The van der Waals surface area contributed by atoms with Gasteiger partial charge in [0, 0.05) is 32.2 Å². The second kappa shape index (κ2) is 6.10. The van der Waals surface area contributed by atoms with Gasteiger partial charge in [0.15, 0.2) is 0 Å². The molecule has 1 heterocycles. The Labute approximate surface area is 127 Å². The van der Waals surface area contributed by atoms with Gasteiger partial charge in [-0.25, -0.2) is 0 Å². The van der Waals surface area contributed by atoms with Crippen molar-refractivity contribution >= 4 is 5.71 Å². The van der Waals surface area contributed by atoms with Gasteiger partial charge in [-0.15, -0.1) is 35.9 Å². The number of hydrogen-bond acceptors (Lipinski definition) is 1. The van der Waals surface area contributed by atoms with Crippen molar-refractivity contribution in [2.75, 3.05) is 0 Å². The van der Waals surface area contributed by atoms with E-state index < -0.39 is 0 Å². The minimum atomic E-state index is 0. The first-order valence-electron chi connectivity index (χ1n) is 6.13. The third-order valence-corrected chi connectivity index (χ3v) is 3.30. The molecule has 1 nitrogen and oxygen atoms in total. The topological polar surface area (TPSA) is 12.4 Å². The molecule has 2 aromatic rings. The molecule has 0 aliphatic carbocycles. The molecule has 1 atom stereocenters. The fourth-order valence-corrected chi connectivity index (χ4v) is 2.36. The maximum absolute atomic E-state index is 4.51. The zero-order valence-electron chi connectivity index (χ0n) is 10.6. The van der Waals surface area contributed by atoms with Crippen LogP contribution in [0.25, 0.3) is 0 Å². The molecule has 2 heteroatoms. The standard InChI is InChI=1S/C17H14N.Ir/c1-13-7-5-6-10-15(13)16-11-12-18-17(16)14-8-3-2-4-9-14;/h2-8,10-12,16H,1H3;/q-1;. The minimum absolute atomic E-state index is 0. The van der Waals surface area contributed by atoms with Crippen LogP contribution in [0.3, 0.4) is 0 Å². The van der Waals surface area contributed by atoms with E-state index in [2.05, 4.69) is 54.4 Å².